The molecule has 1 aliphatic rings. The first kappa shape index (κ1) is 30.7. The van der Waals surface area contributed by atoms with Crippen LogP contribution in [-0.2, 0) is 14.3 Å². The molecule has 43 heavy (non-hydrogen) atoms. The van der Waals surface area contributed by atoms with E-state index in [-0.39, 0.29) is 35.0 Å². The smallest absolute Gasteiger partial charge is 0.338 e. The van der Waals surface area contributed by atoms with Crippen molar-refractivity contribution in [1.82, 2.24) is 16.1 Å². The Morgan fingerprint density at radius 3 is 2.65 bits per heavy atom. The number of nitrogens with zero attached hydrogens (tertiary/aromatic N) is 1. The third kappa shape index (κ3) is 7.32. The largest absolute Gasteiger partial charge is 0.493 e. The van der Waals surface area contributed by atoms with Crippen molar-refractivity contribution in [3.05, 3.63) is 81.7 Å². The Morgan fingerprint density at radius 2 is 1.93 bits per heavy atom. The van der Waals surface area contributed by atoms with E-state index in [1.165, 1.54) is 31.5 Å². The molecule has 0 spiro atoms. The van der Waals surface area contributed by atoms with Gasteiger partial charge >= 0.3 is 18.0 Å². The lowest BCUT2D eigenvalue weighted by Gasteiger charge is -2.28. The van der Waals surface area contributed by atoms with Crippen molar-refractivity contribution in [1.29, 1.82) is 0 Å². The highest BCUT2D eigenvalue weighted by atomic mass is 35.5. The molecule has 2 heterocycles. The summed E-state index contributed by atoms with van der Waals surface area (Å²) in [5.41, 5.74) is 3.90. The highest BCUT2D eigenvalue weighted by Crippen LogP contribution is 2.35. The number of benzene rings is 2. The lowest BCUT2D eigenvalue weighted by Crippen LogP contribution is -2.45. The van der Waals surface area contributed by atoms with Crippen LogP contribution in [0.3, 0.4) is 0 Å². The predicted molar refractivity (Wildman–Crippen MR) is 154 cm³/mol. The van der Waals surface area contributed by atoms with Gasteiger partial charge in [-0.1, -0.05) is 17.7 Å². The number of ether oxygens (including phenoxy) is 3. The Hall–Kier alpha value is -5.30. The van der Waals surface area contributed by atoms with Crippen molar-refractivity contribution in [3.63, 3.8) is 0 Å². The molecule has 0 radical (unpaired) electrons. The number of methoxy groups -OCH3 is 1. The fourth-order valence-corrected chi connectivity index (χ4v) is 4.37. The summed E-state index contributed by atoms with van der Waals surface area (Å²) in [7, 11) is 1.41. The molecule has 2 aromatic carbocycles. The second kappa shape index (κ2) is 13.6. The molecule has 1 aromatic heterocycles. The number of hydrogen-bond donors (Lipinski definition) is 4. The third-order valence-corrected chi connectivity index (χ3v) is 6.46. The van der Waals surface area contributed by atoms with Crippen molar-refractivity contribution in [2.24, 2.45) is 5.10 Å². The summed E-state index contributed by atoms with van der Waals surface area (Å²) in [5, 5.41) is 18.6. The van der Waals surface area contributed by atoms with Gasteiger partial charge in [0, 0.05) is 11.3 Å². The van der Waals surface area contributed by atoms with Gasteiger partial charge in [-0.25, -0.2) is 19.8 Å². The molecule has 4 N–H and O–H groups in total. The molecule has 4 rings (SSSR count). The highest BCUT2D eigenvalue weighted by molar-refractivity contribution is 6.33. The van der Waals surface area contributed by atoms with E-state index in [0.29, 0.717) is 27.6 Å². The van der Waals surface area contributed by atoms with Crippen molar-refractivity contribution in [2.75, 3.05) is 20.3 Å². The van der Waals surface area contributed by atoms with Crippen molar-refractivity contribution in [3.8, 4) is 22.8 Å². The second-order valence-corrected chi connectivity index (χ2v) is 9.39. The molecule has 0 unspecified atom stereocenters. The molecule has 14 heteroatoms. The summed E-state index contributed by atoms with van der Waals surface area (Å²) < 4.78 is 21.8. The van der Waals surface area contributed by atoms with Crippen LogP contribution in [0.2, 0.25) is 5.02 Å². The van der Waals surface area contributed by atoms with Gasteiger partial charge in [0.2, 0.25) is 0 Å². The van der Waals surface area contributed by atoms with Crippen LogP contribution in [0.4, 0.5) is 4.79 Å². The van der Waals surface area contributed by atoms with Crippen LogP contribution in [0.1, 0.15) is 41.6 Å². The fourth-order valence-electron chi connectivity index (χ4n) is 4.16. The quantitative estimate of drug-likeness (QED) is 0.142. The number of rotatable bonds is 11. The zero-order valence-corrected chi connectivity index (χ0v) is 24.0. The SMILES string of the molecule is CCOC(=O)C1=C(C)NC(=O)N[C@H]1c1ccc(OCC(=O)N/N=C\c2ccc(-c3cc(C(=O)O)ccc3Cl)o2)c(OC)c1. The number of aromatic carboxylic acids is 1. The number of halogens is 1. The Kier molecular flexibility index (Phi) is 9.68. The van der Waals surface area contributed by atoms with Crippen LogP contribution in [0.15, 0.2) is 69.3 Å². The van der Waals surface area contributed by atoms with Crippen molar-refractivity contribution < 1.29 is 42.9 Å². The number of hydrogen-bond acceptors (Lipinski definition) is 9. The van der Waals surface area contributed by atoms with Gasteiger partial charge in [-0.15, -0.1) is 0 Å². The zero-order valence-electron chi connectivity index (χ0n) is 23.2. The molecule has 0 fully saturated rings. The molecule has 3 aromatic rings. The van der Waals surface area contributed by atoms with Crippen LogP contribution < -0.4 is 25.5 Å². The molecule has 0 aliphatic carbocycles. The lowest BCUT2D eigenvalue weighted by molar-refractivity contribution is -0.139. The maximum absolute atomic E-state index is 12.6. The summed E-state index contributed by atoms with van der Waals surface area (Å²) in [6, 6.07) is 10.9. The van der Waals surface area contributed by atoms with E-state index >= 15 is 0 Å². The first-order chi connectivity index (χ1) is 20.6. The number of esters is 1. The van der Waals surface area contributed by atoms with Crippen LogP contribution in [0, 0.1) is 0 Å². The maximum atomic E-state index is 12.6. The number of carboxylic acids is 1. The van der Waals surface area contributed by atoms with Gasteiger partial charge in [-0.2, -0.15) is 5.10 Å². The Labute approximate surface area is 250 Å². The van der Waals surface area contributed by atoms with Gasteiger partial charge in [0.25, 0.3) is 5.91 Å². The Balaban J connectivity index is 1.39. The average Bonchev–Trinajstić information content (AvgIpc) is 3.44. The number of hydrazone groups is 1. The standard InChI is InChI=1S/C29H27ClN4O9/c1-4-41-28(38)25-15(2)32-29(39)33-26(25)16-6-9-22(23(12-16)40-3)42-14-24(35)34-31-13-18-7-10-21(43-18)19-11-17(27(36)37)5-8-20(19)30/h5-13,26H,4,14H2,1-3H3,(H,34,35)(H,36,37)(H2,32,33,39)/b31-13-/t26-/m0/s1. The molecule has 1 atom stereocenters. The molecule has 0 bridgehead atoms. The third-order valence-electron chi connectivity index (χ3n) is 6.13. The molecular formula is C29H27ClN4O9. The summed E-state index contributed by atoms with van der Waals surface area (Å²) >= 11 is 6.18. The Bertz CT molecular complexity index is 1630. The van der Waals surface area contributed by atoms with E-state index in [1.54, 1.807) is 44.2 Å². The molecule has 224 valence electrons. The van der Waals surface area contributed by atoms with E-state index < -0.39 is 36.5 Å². The molecule has 0 saturated carbocycles. The minimum Gasteiger partial charge on any atom is -0.493 e. The number of carbonyl (C=O) groups is 4. The van der Waals surface area contributed by atoms with Crippen LogP contribution >= 0.6 is 11.6 Å². The monoisotopic (exact) mass is 610 g/mol. The number of furan rings is 1. The predicted octanol–water partition coefficient (Wildman–Crippen LogP) is 4.03. The minimum atomic E-state index is -1.10. The number of nitrogens with one attached hydrogen (secondary N) is 3. The van der Waals surface area contributed by atoms with Crippen molar-refractivity contribution in [2.45, 2.75) is 19.9 Å². The van der Waals surface area contributed by atoms with E-state index in [0.717, 1.165) is 0 Å². The van der Waals surface area contributed by atoms with E-state index in [4.69, 9.17) is 30.2 Å². The molecular weight excluding hydrogens is 584 g/mol. The van der Waals surface area contributed by atoms with E-state index in [9.17, 15) is 24.3 Å². The van der Waals surface area contributed by atoms with Gasteiger partial charge in [-0.05, 0) is 61.9 Å². The average molecular weight is 611 g/mol. The maximum Gasteiger partial charge on any atom is 0.338 e. The summed E-state index contributed by atoms with van der Waals surface area (Å²) in [6.45, 7) is 3.04. The summed E-state index contributed by atoms with van der Waals surface area (Å²) in [6.07, 6.45) is 1.26. The van der Waals surface area contributed by atoms with Crippen molar-refractivity contribution >= 4 is 41.7 Å². The number of urea groups is 1. The molecule has 13 nitrogen and oxygen atoms in total. The van der Waals surface area contributed by atoms with Gasteiger partial charge < -0.3 is 34.4 Å². The summed E-state index contributed by atoms with van der Waals surface area (Å²) in [5.74, 6) is -1.16. The van der Waals surface area contributed by atoms with Crippen LogP contribution in [0.5, 0.6) is 11.5 Å². The van der Waals surface area contributed by atoms with Gasteiger partial charge in [-0.3, -0.25) is 4.79 Å². The number of allylic oxidation sites excluding steroid dienone is 1. The molecule has 1 aliphatic heterocycles. The fraction of sp³-hybridized carbons (Fsp3) is 0.207. The zero-order chi connectivity index (χ0) is 31.1. The topological polar surface area (TPSA) is 178 Å². The van der Waals surface area contributed by atoms with E-state index in [1.807, 2.05) is 0 Å². The Morgan fingerprint density at radius 1 is 1.14 bits per heavy atom. The number of carboxylic acid groups (broad SMARTS) is 1. The number of amides is 3. The number of carbonyl (C=O) groups excluding carboxylic acids is 3. The van der Waals surface area contributed by atoms with E-state index in [2.05, 4.69) is 21.2 Å². The molecule has 3 amide bonds. The van der Waals surface area contributed by atoms with Crippen LogP contribution in [0.25, 0.3) is 11.3 Å². The first-order valence-corrected chi connectivity index (χ1v) is 13.2. The van der Waals surface area contributed by atoms with Crippen LogP contribution in [-0.4, -0.2) is 55.5 Å². The molecule has 0 saturated heterocycles. The van der Waals surface area contributed by atoms with Gasteiger partial charge in [0.1, 0.15) is 11.5 Å². The van der Waals surface area contributed by atoms with Gasteiger partial charge in [0.05, 0.1) is 42.1 Å². The minimum absolute atomic E-state index is 0.0518. The highest BCUT2D eigenvalue weighted by Gasteiger charge is 2.32. The normalized spacial score (nSPS) is 14.6. The van der Waals surface area contributed by atoms with Gasteiger partial charge in [0.15, 0.2) is 18.1 Å². The first-order valence-electron chi connectivity index (χ1n) is 12.8. The summed E-state index contributed by atoms with van der Waals surface area (Å²) in [4.78, 5) is 48.3. The second-order valence-electron chi connectivity index (χ2n) is 8.98. The lowest BCUT2D eigenvalue weighted by atomic mass is 9.95.